The predicted octanol–water partition coefficient (Wildman–Crippen LogP) is -0.386. The molecule has 0 aromatic heterocycles. The fourth-order valence-electron chi connectivity index (χ4n) is 0.585. The third kappa shape index (κ3) is 5.17. The van der Waals surface area contributed by atoms with Crippen LogP contribution in [0.1, 0.15) is 0 Å². The first-order valence-corrected chi connectivity index (χ1v) is 4.36. The van der Waals surface area contributed by atoms with E-state index in [9.17, 15) is 0 Å². The van der Waals surface area contributed by atoms with Gasteiger partial charge in [-0.05, 0) is 12.1 Å². The van der Waals surface area contributed by atoms with E-state index in [0.717, 1.165) is 4.90 Å². The molecule has 0 saturated carbocycles. The molecule has 0 nitrogen and oxygen atoms in total. The Bertz CT molecular complexity index is 222. The van der Waals surface area contributed by atoms with Gasteiger partial charge in [-0.15, -0.1) is 11.8 Å². The molecule has 0 heterocycles. The number of hydrogen-bond acceptors (Lipinski definition) is 3. The average molecular weight is 208 g/mol. The first-order valence-electron chi connectivity index (χ1n) is 2.73. The normalized spacial score (nSPS) is 8.36. The van der Waals surface area contributed by atoms with Crippen LogP contribution in [0.2, 0.25) is 0 Å². The van der Waals surface area contributed by atoms with Crippen molar-refractivity contribution < 1.29 is 29.6 Å². The van der Waals surface area contributed by atoms with Crippen LogP contribution in [0, 0.1) is 0 Å². The molecule has 0 spiro atoms. The van der Waals surface area contributed by atoms with E-state index in [1.165, 1.54) is 11.8 Å². The molecule has 0 fully saturated rings. The molecule has 0 amide bonds. The van der Waals surface area contributed by atoms with E-state index in [1.807, 2.05) is 30.3 Å². The van der Waals surface area contributed by atoms with Crippen LogP contribution in [0.25, 0.3) is 0 Å². The zero-order chi connectivity index (χ0) is 7.40. The summed E-state index contributed by atoms with van der Waals surface area (Å²) in [6, 6.07) is 9.88. The van der Waals surface area contributed by atoms with Crippen LogP contribution in [0.5, 0.6) is 0 Å². The van der Waals surface area contributed by atoms with Crippen molar-refractivity contribution in [2.24, 2.45) is 0 Å². The molecule has 0 N–H and O–H groups in total. The molecule has 0 atom stereocenters. The molecule has 0 unspecified atom stereocenters. The number of rotatable bonds is 1. The summed E-state index contributed by atoms with van der Waals surface area (Å²) in [7, 11) is 0. The van der Waals surface area contributed by atoms with Crippen LogP contribution in [-0.2, 0) is 12.6 Å². The van der Waals surface area contributed by atoms with Crippen LogP contribution < -0.4 is 29.6 Å². The average Bonchev–Trinajstić information content (AvgIpc) is 1.88. The second kappa shape index (κ2) is 6.40. The van der Waals surface area contributed by atoms with Gasteiger partial charge >= 0.3 is 29.6 Å². The quantitative estimate of drug-likeness (QED) is 0.267. The molecule has 0 aliphatic heterocycles. The third-order valence-corrected chi connectivity index (χ3v) is 2.12. The SMILES string of the molecule is S=C([S-])Sc1ccccc1.[Na+]. The van der Waals surface area contributed by atoms with E-state index < -0.39 is 0 Å². The van der Waals surface area contributed by atoms with Crippen LogP contribution in [0.4, 0.5) is 0 Å². The predicted molar refractivity (Wildman–Crippen MR) is 52.3 cm³/mol. The van der Waals surface area contributed by atoms with Crippen LogP contribution in [0.3, 0.4) is 0 Å². The Hall–Kier alpha value is 0.880. The van der Waals surface area contributed by atoms with Gasteiger partial charge in [0.2, 0.25) is 0 Å². The van der Waals surface area contributed by atoms with Crippen molar-refractivity contribution in [3.63, 3.8) is 0 Å². The summed E-state index contributed by atoms with van der Waals surface area (Å²) in [5, 5.41) is 0. The minimum Gasteiger partial charge on any atom is -0.422 e. The van der Waals surface area contributed by atoms with Gasteiger partial charge in [0.05, 0.1) is 0 Å². The van der Waals surface area contributed by atoms with Crippen molar-refractivity contribution in [2.75, 3.05) is 0 Å². The fourth-order valence-corrected chi connectivity index (χ4v) is 1.65. The summed E-state index contributed by atoms with van der Waals surface area (Å²) < 4.78 is 0.547. The molecule has 0 aliphatic rings. The molecule has 0 radical (unpaired) electrons. The smallest absolute Gasteiger partial charge is 0.422 e. The van der Waals surface area contributed by atoms with Gasteiger partial charge in [-0.2, -0.15) is 0 Å². The van der Waals surface area contributed by atoms with E-state index in [2.05, 4.69) is 0 Å². The molecule has 4 heteroatoms. The summed E-state index contributed by atoms with van der Waals surface area (Å²) in [5.41, 5.74) is 0. The summed E-state index contributed by atoms with van der Waals surface area (Å²) >= 11 is 11.0. The topological polar surface area (TPSA) is 0 Å². The van der Waals surface area contributed by atoms with Crippen molar-refractivity contribution in [2.45, 2.75) is 4.90 Å². The minimum absolute atomic E-state index is 0. The van der Waals surface area contributed by atoms with E-state index in [1.54, 1.807) is 0 Å². The number of thiocarbonyl (C=S) groups is 1. The molecular weight excluding hydrogens is 203 g/mol. The number of thioether (sulfide) groups is 1. The van der Waals surface area contributed by atoms with E-state index in [4.69, 9.17) is 24.8 Å². The van der Waals surface area contributed by atoms with Crippen LogP contribution in [0.15, 0.2) is 35.2 Å². The standard InChI is InChI=1S/C7H6S3.Na/c8-7(9)10-6-4-2-1-3-5-6;/h1-5H,(H,8,9);/q;+1/p-1. The van der Waals surface area contributed by atoms with Gasteiger partial charge in [-0.1, -0.05) is 21.7 Å². The molecule has 0 aliphatic carbocycles. The Kier molecular flexibility index (Phi) is 6.91. The Morgan fingerprint density at radius 2 is 1.82 bits per heavy atom. The van der Waals surface area contributed by atoms with Gasteiger partial charge in [0.15, 0.2) is 0 Å². The van der Waals surface area contributed by atoms with Crippen molar-refractivity contribution in [1.29, 1.82) is 0 Å². The van der Waals surface area contributed by atoms with Crippen molar-refractivity contribution in [3.8, 4) is 0 Å². The maximum Gasteiger partial charge on any atom is 1.00 e. The number of hydrogen-bond donors (Lipinski definition) is 0. The maximum atomic E-state index is 4.76. The van der Waals surface area contributed by atoms with Gasteiger partial charge in [-0.3, -0.25) is 0 Å². The van der Waals surface area contributed by atoms with Gasteiger partial charge in [0.25, 0.3) is 0 Å². The van der Waals surface area contributed by atoms with E-state index >= 15 is 0 Å². The second-order valence-corrected chi connectivity index (χ2v) is 4.34. The first-order chi connectivity index (χ1) is 4.79. The Morgan fingerprint density at radius 3 is 2.27 bits per heavy atom. The third-order valence-electron chi connectivity index (χ3n) is 0.944. The molecule has 1 aromatic carbocycles. The molecule has 52 valence electrons. The van der Waals surface area contributed by atoms with Gasteiger partial charge in [0, 0.05) is 4.90 Å². The molecule has 1 aromatic rings. The maximum absolute atomic E-state index is 4.76. The van der Waals surface area contributed by atoms with E-state index in [-0.39, 0.29) is 29.6 Å². The van der Waals surface area contributed by atoms with Crippen LogP contribution >= 0.6 is 24.0 Å². The van der Waals surface area contributed by atoms with Crippen molar-refractivity contribution >= 4 is 40.1 Å². The summed E-state index contributed by atoms with van der Waals surface area (Å²) in [6.07, 6.45) is 0. The molecule has 1 rings (SSSR count). The second-order valence-electron chi connectivity index (χ2n) is 1.67. The zero-order valence-electron chi connectivity index (χ0n) is 6.11. The van der Waals surface area contributed by atoms with Gasteiger partial charge in [-0.25, -0.2) is 0 Å². The van der Waals surface area contributed by atoms with E-state index in [0.29, 0.717) is 3.53 Å². The Balaban J connectivity index is 0.000001000. The van der Waals surface area contributed by atoms with Crippen molar-refractivity contribution in [1.82, 2.24) is 0 Å². The van der Waals surface area contributed by atoms with Crippen LogP contribution in [-0.4, -0.2) is 3.53 Å². The summed E-state index contributed by atoms with van der Waals surface area (Å²) in [5.74, 6) is 0. The largest absolute Gasteiger partial charge is 1.00 e. The first kappa shape index (κ1) is 11.9. The zero-order valence-corrected chi connectivity index (χ0v) is 10.6. The van der Waals surface area contributed by atoms with Gasteiger partial charge in [0.1, 0.15) is 0 Å². The summed E-state index contributed by atoms with van der Waals surface area (Å²) in [6.45, 7) is 0. The molecule has 11 heavy (non-hydrogen) atoms. The monoisotopic (exact) mass is 208 g/mol. The number of benzene rings is 1. The molecular formula is C7H5NaS3. The van der Waals surface area contributed by atoms with Gasteiger partial charge < -0.3 is 24.8 Å². The Labute approximate surface area is 104 Å². The van der Waals surface area contributed by atoms with Crippen molar-refractivity contribution in [3.05, 3.63) is 30.3 Å². The molecule has 0 saturated heterocycles. The minimum atomic E-state index is 0. The summed E-state index contributed by atoms with van der Waals surface area (Å²) in [4.78, 5) is 1.11. The molecule has 0 bridgehead atoms. The fraction of sp³-hybridized carbons (Fsp3) is 0. The Morgan fingerprint density at radius 1 is 1.27 bits per heavy atom.